The number of nitrogens with one attached hydrogen (secondary N) is 1. The van der Waals surface area contributed by atoms with Crippen molar-refractivity contribution >= 4 is 17.7 Å². The first-order chi connectivity index (χ1) is 10.1. The van der Waals surface area contributed by atoms with Crippen molar-refractivity contribution in [3.8, 4) is 5.75 Å². The number of aromatic nitrogens is 2. The summed E-state index contributed by atoms with van der Waals surface area (Å²) in [6.45, 7) is 0. The van der Waals surface area contributed by atoms with Crippen LogP contribution in [-0.4, -0.2) is 32.1 Å². The molecule has 0 saturated carbocycles. The average molecular weight is 287 g/mol. The highest BCUT2D eigenvalue weighted by Gasteiger charge is 2.15. The summed E-state index contributed by atoms with van der Waals surface area (Å²) in [4.78, 5) is 30.2. The van der Waals surface area contributed by atoms with E-state index in [1.807, 2.05) is 0 Å². The fourth-order valence-corrected chi connectivity index (χ4v) is 1.75. The number of carbonyl (C=O) groups excluding carboxylic acids is 1. The van der Waals surface area contributed by atoms with Gasteiger partial charge in [0.15, 0.2) is 11.5 Å². The Bertz CT molecular complexity index is 673. The number of para-hydroxylation sites is 1. The number of aromatic hydroxyl groups is 1. The van der Waals surface area contributed by atoms with Crippen LogP contribution in [0, 0.1) is 0 Å². The molecule has 0 unspecified atom stereocenters. The molecule has 0 aliphatic carbocycles. The van der Waals surface area contributed by atoms with Crippen molar-refractivity contribution < 1.29 is 19.8 Å². The molecule has 1 aromatic carbocycles. The molecule has 1 aromatic heterocycles. The van der Waals surface area contributed by atoms with Gasteiger partial charge in [0.05, 0.1) is 0 Å². The van der Waals surface area contributed by atoms with Gasteiger partial charge in [0.25, 0.3) is 0 Å². The molecule has 2 rings (SSSR count). The van der Waals surface area contributed by atoms with E-state index < -0.39 is 11.9 Å². The second kappa shape index (κ2) is 6.47. The van der Waals surface area contributed by atoms with Crippen LogP contribution in [0.25, 0.3) is 0 Å². The zero-order valence-electron chi connectivity index (χ0n) is 11.0. The third-order valence-electron chi connectivity index (χ3n) is 2.77. The lowest BCUT2D eigenvalue weighted by Crippen LogP contribution is -2.17. The van der Waals surface area contributed by atoms with Crippen molar-refractivity contribution in [1.29, 1.82) is 0 Å². The maximum atomic E-state index is 11.8. The van der Waals surface area contributed by atoms with E-state index in [9.17, 15) is 14.7 Å². The highest BCUT2D eigenvalue weighted by Crippen LogP contribution is 2.17. The maximum Gasteiger partial charge on any atom is 0.358 e. The molecule has 3 N–H and O–H groups in total. The molecule has 0 atom stereocenters. The van der Waals surface area contributed by atoms with Crippen LogP contribution >= 0.6 is 0 Å². The lowest BCUT2D eigenvalue weighted by Gasteiger charge is -2.07. The van der Waals surface area contributed by atoms with E-state index in [-0.39, 0.29) is 23.7 Å². The van der Waals surface area contributed by atoms with Crippen molar-refractivity contribution in [2.24, 2.45) is 0 Å². The van der Waals surface area contributed by atoms with Gasteiger partial charge in [-0.3, -0.25) is 4.79 Å². The van der Waals surface area contributed by atoms with Gasteiger partial charge in [-0.1, -0.05) is 18.2 Å². The Balaban J connectivity index is 2.00. The van der Waals surface area contributed by atoms with Crippen LogP contribution < -0.4 is 5.32 Å². The maximum absolute atomic E-state index is 11.8. The highest BCUT2D eigenvalue weighted by molar-refractivity contribution is 5.97. The summed E-state index contributed by atoms with van der Waals surface area (Å²) in [6, 6.07) is 6.71. The van der Waals surface area contributed by atoms with Crippen LogP contribution in [0.2, 0.25) is 0 Å². The van der Waals surface area contributed by atoms with Gasteiger partial charge in [-0.2, -0.15) is 0 Å². The molecule has 0 aliphatic heterocycles. The molecule has 0 spiro atoms. The number of aryl methyl sites for hydroxylation is 1. The van der Waals surface area contributed by atoms with Gasteiger partial charge in [-0.05, 0) is 18.1 Å². The molecule has 0 fully saturated rings. The number of carboxylic acids is 1. The van der Waals surface area contributed by atoms with Gasteiger partial charge in [0, 0.05) is 18.8 Å². The molecular formula is C14H13N3O4. The summed E-state index contributed by atoms with van der Waals surface area (Å²) in [7, 11) is 0. The van der Waals surface area contributed by atoms with Crippen molar-refractivity contribution in [3.63, 3.8) is 0 Å². The first-order valence-electron chi connectivity index (χ1n) is 6.19. The van der Waals surface area contributed by atoms with Crippen LogP contribution in [0.5, 0.6) is 5.75 Å². The van der Waals surface area contributed by atoms with Gasteiger partial charge in [-0.25, -0.2) is 14.8 Å². The van der Waals surface area contributed by atoms with E-state index >= 15 is 0 Å². The first kappa shape index (κ1) is 14.4. The number of phenolic OH excluding ortho intramolecular Hbond substituents is 1. The summed E-state index contributed by atoms with van der Waals surface area (Å²) in [5.41, 5.74) is 0.332. The van der Waals surface area contributed by atoms with Crippen molar-refractivity contribution in [2.45, 2.75) is 12.8 Å². The number of carbonyl (C=O) groups is 2. The Hall–Kier alpha value is -2.96. The third kappa shape index (κ3) is 3.75. The quantitative estimate of drug-likeness (QED) is 0.767. The molecule has 2 aromatic rings. The topological polar surface area (TPSA) is 112 Å². The second-order valence-corrected chi connectivity index (χ2v) is 4.24. The van der Waals surface area contributed by atoms with Gasteiger partial charge >= 0.3 is 5.97 Å². The number of rotatable bonds is 5. The number of hydrogen-bond acceptors (Lipinski definition) is 5. The Morgan fingerprint density at radius 2 is 1.86 bits per heavy atom. The number of benzene rings is 1. The van der Waals surface area contributed by atoms with Crippen LogP contribution in [-0.2, 0) is 11.2 Å². The predicted octanol–water partition coefficient (Wildman–Crippen LogP) is 1.45. The standard InChI is InChI=1S/C14H13N3O4/c18-10-4-2-1-3-9(10)5-6-11(19)17-13-12(14(20)21)15-7-8-16-13/h1-4,7-8,18H,5-6H2,(H,20,21)(H,16,17,19). The minimum Gasteiger partial charge on any atom is -0.508 e. The smallest absolute Gasteiger partial charge is 0.358 e. The average Bonchev–Trinajstić information content (AvgIpc) is 2.47. The molecule has 0 saturated heterocycles. The minimum absolute atomic E-state index is 0.0905. The number of carboxylic acid groups (broad SMARTS) is 1. The number of hydrogen-bond donors (Lipinski definition) is 3. The highest BCUT2D eigenvalue weighted by atomic mass is 16.4. The number of phenols is 1. The normalized spacial score (nSPS) is 10.1. The molecule has 7 heteroatoms. The van der Waals surface area contributed by atoms with Crippen LogP contribution in [0.15, 0.2) is 36.7 Å². The predicted molar refractivity (Wildman–Crippen MR) is 74.0 cm³/mol. The minimum atomic E-state index is -1.26. The van der Waals surface area contributed by atoms with Crippen LogP contribution in [0.1, 0.15) is 22.5 Å². The summed E-state index contributed by atoms with van der Waals surface area (Å²) in [5.74, 6) is -1.64. The number of amides is 1. The number of aromatic carboxylic acids is 1. The molecule has 21 heavy (non-hydrogen) atoms. The Labute approximate surface area is 120 Å². The molecule has 108 valence electrons. The zero-order chi connectivity index (χ0) is 15.2. The van der Waals surface area contributed by atoms with E-state index in [2.05, 4.69) is 15.3 Å². The molecule has 1 heterocycles. The van der Waals surface area contributed by atoms with E-state index in [0.717, 1.165) is 0 Å². The van der Waals surface area contributed by atoms with E-state index in [4.69, 9.17) is 5.11 Å². The van der Waals surface area contributed by atoms with Gasteiger partial charge < -0.3 is 15.5 Å². The third-order valence-corrected chi connectivity index (χ3v) is 2.77. The molecular weight excluding hydrogens is 274 g/mol. The fourth-order valence-electron chi connectivity index (χ4n) is 1.75. The second-order valence-electron chi connectivity index (χ2n) is 4.24. The Morgan fingerprint density at radius 1 is 1.14 bits per heavy atom. The first-order valence-corrected chi connectivity index (χ1v) is 6.19. The van der Waals surface area contributed by atoms with Gasteiger partial charge in [0.1, 0.15) is 5.75 Å². The number of nitrogens with zero attached hydrogens (tertiary/aromatic N) is 2. The Morgan fingerprint density at radius 3 is 2.57 bits per heavy atom. The summed E-state index contributed by atoms with van der Waals surface area (Å²) in [6.07, 6.45) is 2.96. The van der Waals surface area contributed by atoms with E-state index in [0.29, 0.717) is 12.0 Å². The fraction of sp³-hybridized carbons (Fsp3) is 0.143. The summed E-state index contributed by atoms with van der Waals surface area (Å²) >= 11 is 0. The number of anilines is 1. The lowest BCUT2D eigenvalue weighted by molar-refractivity contribution is -0.116. The largest absolute Gasteiger partial charge is 0.508 e. The van der Waals surface area contributed by atoms with Crippen molar-refractivity contribution in [2.75, 3.05) is 5.32 Å². The molecule has 7 nitrogen and oxygen atoms in total. The van der Waals surface area contributed by atoms with Gasteiger partial charge in [0.2, 0.25) is 5.91 Å². The van der Waals surface area contributed by atoms with Crippen LogP contribution in [0.3, 0.4) is 0 Å². The SMILES string of the molecule is O=C(CCc1ccccc1O)Nc1nccnc1C(=O)O. The van der Waals surface area contributed by atoms with Crippen molar-refractivity contribution in [3.05, 3.63) is 47.9 Å². The van der Waals surface area contributed by atoms with Gasteiger partial charge in [-0.15, -0.1) is 0 Å². The zero-order valence-corrected chi connectivity index (χ0v) is 11.0. The van der Waals surface area contributed by atoms with Crippen molar-refractivity contribution in [1.82, 2.24) is 9.97 Å². The van der Waals surface area contributed by atoms with E-state index in [1.165, 1.54) is 12.4 Å². The lowest BCUT2D eigenvalue weighted by atomic mass is 10.1. The summed E-state index contributed by atoms with van der Waals surface area (Å²) < 4.78 is 0. The Kier molecular flexibility index (Phi) is 4.45. The molecule has 0 aliphatic rings. The van der Waals surface area contributed by atoms with Crippen LogP contribution in [0.4, 0.5) is 5.82 Å². The van der Waals surface area contributed by atoms with E-state index in [1.54, 1.807) is 24.3 Å². The molecule has 0 radical (unpaired) electrons. The molecule has 0 bridgehead atoms. The monoisotopic (exact) mass is 287 g/mol. The molecule has 1 amide bonds. The summed E-state index contributed by atoms with van der Waals surface area (Å²) in [5, 5.41) is 20.9.